The molecule has 0 radical (unpaired) electrons. The first-order valence-electron chi connectivity index (χ1n) is 5.74. The topological polar surface area (TPSA) is 39.1 Å². The standard InChI is InChI=1S/C13H16FNO2S/c1-9(2)15-7-10(8-18(3,16)17)12-5-4-11(14)6-13(12)15/h4-7,9H,8H2,1-3H3. The van der Waals surface area contributed by atoms with E-state index in [4.69, 9.17) is 0 Å². The van der Waals surface area contributed by atoms with Crippen molar-refractivity contribution in [2.45, 2.75) is 25.6 Å². The van der Waals surface area contributed by atoms with E-state index < -0.39 is 9.84 Å². The van der Waals surface area contributed by atoms with Crippen LogP contribution >= 0.6 is 0 Å². The van der Waals surface area contributed by atoms with Gasteiger partial charge in [0, 0.05) is 23.9 Å². The Labute approximate surface area is 106 Å². The minimum Gasteiger partial charge on any atom is -0.345 e. The van der Waals surface area contributed by atoms with Gasteiger partial charge in [0.1, 0.15) is 5.82 Å². The summed E-state index contributed by atoms with van der Waals surface area (Å²) in [5.74, 6) is -0.331. The van der Waals surface area contributed by atoms with Crippen molar-refractivity contribution in [2.75, 3.05) is 6.26 Å². The Morgan fingerprint density at radius 2 is 2.00 bits per heavy atom. The van der Waals surface area contributed by atoms with Crippen LogP contribution in [0, 0.1) is 5.82 Å². The Kier molecular flexibility index (Phi) is 3.19. The summed E-state index contributed by atoms with van der Waals surface area (Å²) in [7, 11) is -3.10. The lowest BCUT2D eigenvalue weighted by Gasteiger charge is -2.08. The first kappa shape index (κ1) is 13.1. The Bertz CT molecular complexity index is 686. The van der Waals surface area contributed by atoms with Gasteiger partial charge in [-0.3, -0.25) is 0 Å². The molecule has 2 aromatic rings. The molecular weight excluding hydrogens is 253 g/mol. The lowest BCUT2D eigenvalue weighted by Crippen LogP contribution is -2.01. The molecule has 0 unspecified atom stereocenters. The number of aromatic nitrogens is 1. The van der Waals surface area contributed by atoms with Crippen molar-refractivity contribution < 1.29 is 12.8 Å². The SMILES string of the molecule is CC(C)n1cc(CS(C)(=O)=O)c2ccc(F)cc21. The number of rotatable bonds is 3. The van der Waals surface area contributed by atoms with Crippen molar-refractivity contribution in [3.8, 4) is 0 Å². The quantitative estimate of drug-likeness (QED) is 0.859. The van der Waals surface area contributed by atoms with Crippen LogP contribution in [0.5, 0.6) is 0 Å². The number of halogens is 1. The summed E-state index contributed by atoms with van der Waals surface area (Å²) >= 11 is 0. The fourth-order valence-corrected chi connectivity index (χ4v) is 2.92. The van der Waals surface area contributed by atoms with E-state index in [1.807, 2.05) is 18.4 Å². The van der Waals surface area contributed by atoms with Gasteiger partial charge in [-0.05, 0) is 37.6 Å². The number of hydrogen-bond acceptors (Lipinski definition) is 2. The molecule has 0 N–H and O–H groups in total. The zero-order valence-electron chi connectivity index (χ0n) is 10.6. The highest BCUT2D eigenvalue weighted by Gasteiger charge is 2.14. The van der Waals surface area contributed by atoms with Crippen LogP contribution in [0.25, 0.3) is 10.9 Å². The third-order valence-electron chi connectivity index (χ3n) is 2.85. The molecule has 98 valence electrons. The third kappa shape index (κ3) is 2.56. The maximum atomic E-state index is 13.3. The monoisotopic (exact) mass is 269 g/mol. The maximum absolute atomic E-state index is 13.3. The average Bonchev–Trinajstić information content (AvgIpc) is 2.54. The van der Waals surface area contributed by atoms with Crippen LogP contribution in [0.4, 0.5) is 4.39 Å². The average molecular weight is 269 g/mol. The first-order chi connectivity index (χ1) is 8.28. The molecule has 5 heteroatoms. The van der Waals surface area contributed by atoms with E-state index in [1.165, 1.54) is 18.4 Å². The molecule has 1 aromatic heterocycles. The lowest BCUT2D eigenvalue weighted by molar-refractivity contribution is 0.599. The van der Waals surface area contributed by atoms with Crippen molar-refractivity contribution in [3.63, 3.8) is 0 Å². The lowest BCUT2D eigenvalue weighted by atomic mass is 10.2. The van der Waals surface area contributed by atoms with E-state index in [0.717, 1.165) is 16.5 Å². The molecule has 1 heterocycles. The van der Waals surface area contributed by atoms with Crippen LogP contribution in [0.15, 0.2) is 24.4 Å². The van der Waals surface area contributed by atoms with E-state index in [-0.39, 0.29) is 17.6 Å². The molecule has 0 atom stereocenters. The fraction of sp³-hybridized carbons (Fsp3) is 0.385. The normalized spacial score (nSPS) is 12.5. The Balaban J connectivity index is 2.68. The minimum atomic E-state index is -3.10. The molecule has 0 saturated heterocycles. The number of nitrogens with zero attached hydrogens (tertiary/aromatic N) is 1. The van der Waals surface area contributed by atoms with E-state index in [0.29, 0.717) is 0 Å². The summed E-state index contributed by atoms with van der Waals surface area (Å²) in [6.45, 7) is 3.96. The summed E-state index contributed by atoms with van der Waals surface area (Å²) in [5, 5.41) is 0.801. The van der Waals surface area contributed by atoms with Crippen LogP contribution in [-0.2, 0) is 15.6 Å². The minimum absolute atomic E-state index is 0.0190. The number of benzene rings is 1. The second-order valence-corrected chi connectivity index (χ2v) is 7.03. The summed E-state index contributed by atoms with van der Waals surface area (Å²) in [4.78, 5) is 0. The second kappa shape index (κ2) is 4.39. The summed E-state index contributed by atoms with van der Waals surface area (Å²) < 4.78 is 38.0. The first-order valence-corrected chi connectivity index (χ1v) is 7.80. The van der Waals surface area contributed by atoms with E-state index in [9.17, 15) is 12.8 Å². The molecule has 0 spiro atoms. The van der Waals surface area contributed by atoms with E-state index in [1.54, 1.807) is 12.3 Å². The largest absolute Gasteiger partial charge is 0.345 e. The van der Waals surface area contributed by atoms with Crippen molar-refractivity contribution in [1.82, 2.24) is 4.57 Å². The predicted octanol–water partition coefficient (Wildman–Crippen LogP) is 2.91. The summed E-state index contributed by atoms with van der Waals surface area (Å²) in [5.41, 5.74) is 1.46. The van der Waals surface area contributed by atoms with Crippen molar-refractivity contribution in [1.29, 1.82) is 0 Å². The van der Waals surface area contributed by atoms with Crippen LogP contribution in [0.3, 0.4) is 0 Å². The van der Waals surface area contributed by atoms with Crippen molar-refractivity contribution in [3.05, 3.63) is 35.8 Å². The predicted molar refractivity (Wildman–Crippen MR) is 70.8 cm³/mol. The van der Waals surface area contributed by atoms with E-state index in [2.05, 4.69) is 0 Å². The Morgan fingerprint density at radius 1 is 1.33 bits per heavy atom. The van der Waals surface area contributed by atoms with Gasteiger partial charge in [-0.25, -0.2) is 12.8 Å². The molecule has 3 nitrogen and oxygen atoms in total. The number of fused-ring (bicyclic) bond motifs is 1. The Hall–Kier alpha value is -1.36. The molecule has 0 aliphatic rings. The zero-order chi connectivity index (χ0) is 13.5. The number of sulfone groups is 1. The highest BCUT2D eigenvalue weighted by atomic mass is 32.2. The van der Waals surface area contributed by atoms with Gasteiger partial charge in [-0.2, -0.15) is 0 Å². The van der Waals surface area contributed by atoms with Gasteiger partial charge in [0.15, 0.2) is 9.84 Å². The smallest absolute Gasteiger partial charge is 0.151 e. The van der Waals surface area contributed by atoms with Gasteiger partial charge >= 0.3 is 0 Å². The third-order valence-corrected chi connectivity index (χ3v) is 3.69. The van der Waals surface area contributed by atoms with Crippen LogP contribution in [-0.4, -0.2) is 19.2 Å². The molecule has 0 aliphatic carbocycles. The van der Waals surface area contributed by atoms with Gasteiger partial charge in [-0.1, -0.05) is 0 Å². The molecular formula is C13H16FNO2S. The van der Waals surface area contributed by atoms with Gasteiger partial charge in [0.05, 0.1) is 11.3 Å². The molecule has 0 fully saturated rings. The highest BCUT2D eigenvalue weighted by molar-refractivity contribution is 7.89. The highest BCUT2D eigenvalue weighted by Crippen LogP contribution is 2.26. The second-order valence-electron chi connectivity index (χ2n) is 4.89. The van der Waals surface area contributed by atoms with Gasteiger partial charge in [-0.15, -0.1) is 0 Å². The fourth-order valence-electron chi connectivity index (χ4n) is 2.12. The van der Waals surface area contributed by atoms with Crippen molar-refractivity contribution in [2.24, 2.45) is 0 Å². The number of hydrogen-bond donors (Lipinski definition) is 0. The Morgan fingerprint density at radius 3 is 2.56 bits per heavy atom. The van der Waals surface area contributed by atoms with Gasteiger partial charge in [0.2, 0.25) is 0 Å². The zero-order valence-corrected chi connectivity index (χ0v) is 11.5. The summed E-state index contributed by atoms with van der Waals surface area (Å²) in [6, 6.07) is 4.60. The van der Waals surface area contributed by atoms with E-state index >= 15 is 0 Å². The van der Waals surface area contributed by atoms with Crippen LogP contribution < -0.4 is 0 Å². The maximum Gasteiger partial charge on any atom is 0.151 e. The van der Waals surface area contributed by atoms with Crippen molar-refractivity contribution >= 4 is 20.7 Å². The van der Waals surface area contributed by atoms with Gasteiger partial charge in [0.25, 0.3) is 0 Å². The molecule has 1 aromatic carbocycles. The summed E-state index contributed by atoms with van der Waals surface area (Å²) in [6.07, 6.45) is 3.00. The molecule has 0 saturated carbocycles. The molecule has 0 amide bonds. The molecule has 0 bridgehead atoms. The molecule has 18 heavy (non-hydrogen) atoms. The van der Waals surface area contributed by atoms with Gasteiger partial charge < -0.3 is 4.57 Å². The van der Waals surface area contributed by atoms with Crippen LogP contribution in [0.2, 0.25) is 0 Å². The molecule has 2 rings (SSSR count). The molecule has 0 aliphatic heterocycles. The van der Waals surface area contributed by atoms with Crippen LogP contribution in [0.1, 0.15) is 25.5 Å².